The molecular formula is C24H26. The molecule has 3 aromatic carbocycles. The average molecular weight is 314 g/mol. The maximum atomic E-state index is 2.34. The number of benzene rings is 3. The summed E-state index contributed by atoms with van der Waals surface area (Å²) < 4.78 is 0. The van der Waals surface area contributed by atoms with Gasteiger partial charge in [-0.25, -0.2) is 0 Å². The summed E-state index contributed by atoms with van der Waals surface area (Å²) in [5.41, 5.74) is 11.0. The predicted octanol–water partition coefficient (Wildman–Crippen LogP) is 6.37. The van der Waals surface area contributed by atoms with Gasteiger partial charge in [-0.05, 0) is 79.5 Å². The van der Waals surface area contributed by atoms with Crippen LogP contribution in [0.15, 0.2) is 60.7 Å². The highest BCUT2D eigenvalue weighted by Gasteiger charge is 2.03. The molecule has 0 heterocycles. The van der Waals surface area contributed by atoms with Crippen molar-refractivity contribution in [3.63, 3.8) is 0 Å². The molecule has 0 bridgehead atoms. The number of aryl methyl sites for hydroxylation is 5. The van der Waals surface area contributed by atoms with E-state index in [4.69, 9.17) is 0 Å². The van der Waals surface area contributed by atoms with Gasteiger partial charge in [-0.1, -0.05) is 66.2 Å². The van der Waals surface area contributed by atoms with Gasteiger partial charge in [0.05, 0.1) is 0 Å². The number of hydrogen-bond acceptors (Lipinski definition) is 0. The Kier molecular flexibility index (Phi) is 4.85. The summed E-state index contributed by atoms with van der Waals surface area (Å²) >= 11 is 0. The highest BCUT2D eigenvalue weighted by molar-refractivity contribution is 5.63. The molecule has 0 nitrogen and oxygen atoms in total. The van der Waals surface area contributed by atoms with Crippen LogP contribution in [0.25, 0.3) is 11.1 Å². The van der Waals surface area contributed by atoms with E-state index in [0.717, 1.165) is 12.8 Å². The van der Waals surface area contributed by atoms with Gasteiger partial charge in [-0.3, -0.25) is 0 Å². The minimum atomic E-state index is 1.09. The Labute approximate surface area is 146 Å². The highest BCUT2D eigenvalue weighted by Crippen LogP contribution is 2.21. The van der Waals surface area contributed by atoms with Gasteiger partial charge in [0, 0.05) is 0 Å². The van der Waals surface area contributed by atoms with Crippen molar-refractivity contribution in [3.8, 4) is 11.1 Å². The van der Waals surface area contributed by atoms with Crippen LogP contribution in [0.2, 0.25) is 0 Å². The van der Waals surface area contributed by atoms with Crippen LogP contribution in [0.5, 0.6) is 0 Å². The quantitative estimate of drug-likeness (QED) is 0.524. The Morgan fingerprint density at radius 1 is 0.542 bits per heavy atom. The molecule has 0 radical (unpaired) electrons. The van der Waals surface area contributed by atoms with E-state index in [1.54, 1.807) is 0 Å². The molecule has 0 saturated heterocycles. The molecule has 0 N–H and O–H groups in total. The highest BCUT2D eigenvalue weighted by atomic mass is 14.1. The molecule has 0 fully saturated rings. The van der Waals surface area contributed by atoms with Gasteiger partial charge in [0.25, 0.3) is 0 Å². The molecule has 0 heteroatoms. The summed E-state index contributed by atoms with van der Waals surface area (Å²) in [7, 11) is 0. The maximum absolute atomic E-state index is 2.34. The van der Waals surface area contributed by atoms with Crippen LogP contribution in [-0.2, 0) is 12.8 Å². The summed E-state index contributed by atoms with van der Waals surface area (Å²) in [6.45, 7) is 8.75. The van der Waals surface area contributed by atoms with Crippen LogP contribution in [0.4, 0.5) is 0 Å². The predicted molar refractivity (Wildman–Crippen MR) is 105 cm³/mol. The lowest BCUT2D eigenvalue weighted by molar-refractivity contribution is 0.953. The average Bonchev–Trinajstić information content (AvgIpc) is 2.59. The van der Waals surface area contributed by atoms with Gasteiger partial charge in [0.2, 0.25) is 0 Å². The summed E-state index contributed by atoms with van der Waals surface area (Å²) in [6, 6.07) is 22.4. The molecule has 0 aliphatic carbocycles. The van der Waals surface area contributed by atoms with Crippen molar-refractivity contribution < 1.29 is 0 Å². The first-order chi connectivity index (χ1) is 11.5. The standard InChI is InChI=1S/C24H26/c1-17-5-11-23(12-6-17)24-13-9-21(10-14-24)7-8-22-15-18(2)20(4)19(3)16-22/h5-6,9-16H,7-8H2,1-4H3. The molecule has 0 unspecified atom stereocenters. The summed E-state index contributed by atoms with van der Waals surface area (Å²) in [5.74, 6) is 0. The fourth-order valence-electron chi connectivity index (χ4n) is 3.17. The second-order valence-electron chi connectivity index (χ2n) is 6.92. The Balaban J connectivity index is 1.69. The Morgan fingerprint density at radius 2 is 1.00 bits per heavy atom. The molecule has 0 atom stereocenters. The summed E-state index contributed by atoms with van der Waals surface area (Å²) in [4.78, 5) is 0. The van der Waals surface area contributed by atoms with Gasteiger partial charge in [-0.2, -0.15) is 0 Å². The first-order valence-corrected chi connectivity index (χ1v) is 8.75. The maximum Gasteiger partial charge on any atom is -0.0184 e. The van der Waals surface area contributed by atoms with E-state index in [9.17, 15) is 0 Å². The van der Waals surface area contributed by atoms with Crippen LogP contribution in [0.1, 0.15) is 33.4 Å². The van der Waals surface area contributed by atoms with Crippen LogP contribution in [0.3, 0.4) is 0 Å². The molecule has 0 aliphatic heterocycles. The topological polar surface area (TPSA) is 0 Å². The number of hydrogen-bond donors (Lipinski definition) is 0. The molecule has 0 saturated carbocycles. The third-order valence-corrected chi connectivity index (χ3v) is 5.03. The Bertz CT molecular complexity index is 798. The zero-order valence-electron chi connectivity index (χ0n) is 15.2. The zero-order chi connectivity index (χ0) is 17.1. The lowest BCUT2D eigenvalue weighted by Gasteiger charge is -2.10. The van der Waals surface area contributed by atoms with Crippen molar-refractivity contribution in [1.82, 2.24) is 0 Å². The monoisotopic (exact) mass is 314 g/mol. The molecule has 0 spiro atoms. The molecule has 3 rings (SSSR count). The fraction of sp³-hybridized carbons (Fsp3) is 0.250. The SMILES string of the molecule is Cc1ccc(-c2ccc(CCc3cc(C)c(C)c(C)c3)cc2)cc1. The minimum Gasteiger partial charge on any atom is -0.0587 e. The fourth-order valence-corrected chi connectivity index (χ4v) is 3.17. The van der Waals surface area contributed by atoms with Gasteiger partial charge in [0.15, 0.2) is 0 Å². The van der Waals surface area contributed by atoms with Gasteiger partial charge >= 0.3 is 0 Å². The van der Waals surface area contributed by atoms with Crippen molar-refractivity contribution in [1.29, 1.82) is 0 Å². The zero-order valence-corrected chi connectivity index (χ0v) is 15.2. The van der Waals surface area contributed by atoms with E-state index in [0.29, 0.717) is 0 Å². The van der Waals surface area contributed by atoms with Crippen molar-refractivity contribution in [2.45, 2.75) is 40.5 Å². The van der Waals surface area contributed by atoms with Gasteiger partial charge in [-0.15, -0.1) is 0 Å². The molecule has 0 aromatic heterocycles. The number of rotatable bonds is 4. The van der Waals surface area contributed by atoms with Gasteiger partial charge in [0.1, 0.15) is 0 Å². The van der Waals surface area contributed by atoms with Crippen molar-refractivity contribution in [3.05, 3.63) is 94.0 Å². The largest absolute Gasteiger partial charge is 0.0587 e. The lowest BCUT2D eigenvalue weighted by atomic mass is 9.96. The van der Waals surface area contributed by atoms with Crippen molar-refractivity contribution in [2.24, 2.45) is 0 Å². The second-order valence-corrected chi connectivity index (χ2v) is 6.92. The Morgan fingerprint density at radius 3 is 1.54 bits per heavy atom. The summed E-state index contributed by atoms with van der Waals surface area (Å²) in [6.07, 6.45) is 2.20. The van der Waals surface area contributed by atoms with E-state index < -0.39 is 0 Å². The third kappa shape index (κ3) is 3.76. The Hall–Kier alpha value is -2.34. The molecule has 24 heavy (non-hydrogen) atoms. The van der Waals surface area contributed by atoms with E-state index in [2.05, 4.69) is 88.4 Å². The lowest BCUT2D eigenvalue weighted by Crippen LogP contribution is -1.95. The third-order valence-electron chi connectivity index (χ3n) is 5.03. The normalized spacial score (nSPS) is 10.8. The van der Waals surface area contributed by atoms with E-state index in [-0.39, 0.29) is 0 Å². The molecule has 0 amide bonds. The first-order valence-electron chi connectivity index (χ1n) is 8.75. The minimum absolute atomic E-state index is 1.09. The van der Waals surface area contributed by atoms with Crippen LogP contribution < -0.4 is 0 Å². The molecule has 122 valence electrons. The summed E-state index contributed by atoms with van der Waals surface area (Å²) in [5, 5.41) is 0. The molecular weight excluding hydrogens is 288 g/mol. The van der Waals surface area contributed by atoms with Crippen LogP contribution in [-0.4, -0.2) is 0 Å². The van der Waals surface area contributed by atoms with Crippen LogP contribution >= 0.6 is 0 Å². The van der Waals surface area contributed by atoms with E-state index >= 15 is 0 Å². The van der Waals surface area contributed by atoms with Crippen LogP contribution in [0, 0.1) is 27.7 Å². The second kappa shape index (κ2) is 7.05. The van der Waals surface area contributed by atoms with Crippen molar-refractivity contribution >= 4 is 0 Å². The molecule has 3 aromatic rings. The molecule has 0 aliphatic rings. The first kappa shape index (κ1) is 16.5. The van der Waals surface area contributed by atoms with Gasteiger partial charge < -0.3 is 0 Å². The van der Waals surface area contributed by atoms with E-state index in [1.807, 2.05) is 0 Å². The smallest absolute Gasteiger partial charge is 0.0184 e. The van der Waals surface area contributed by atoms with Crippen molar-refractivity contribution in [2.75, 3.05) is 0 Å². The van der Waals surface area contributed by atoms with E-state index in [1.165, 1.54) is 44.5 Å².